The molecule has 0 bridgehead atoms. The second-order valence-electron chi connectivity index (χ2n) is 8.26. The number of hydrogen-bond donors (Lipinski definition) is 4. The molecule has 0 radical (unpaired) electrons. The summed E-state index contributed by atoms with van der Waals surface area (Å²) < 4.78 is 13.1. The lowest BCUT2D eigenvalue weighted by atomic mass is 9.84. The zero-order chi connectivity index (χ0) is 21.6. The molecule has 30 heavy (non-hydrogen) atoms. The Labute approximate surface area is 172 Å². The Balaban J connectivity index is 1.78. The molecule has 11 heteroatoms. The van der Waals surface area contributed by atoms with Gasteiger partial charge in [-0.2, -0.15) is 4.98 Å². The highest BCUT2D eigenvalue weighted by molar-refractivity contribution is 5.91. The Morgan fingerprint density at radius 3 is 2.87 bits per heavy atom. The number of ether oxygens (including phenoxy) is 2. The quantitative estimate of drug-likeness (QED) is 0.550. The molecular weight excluding hydrogens is 394 g/mol. The molecule has 2 aliphatic rings. The minimum absolute atomic E-state index is 0.0297. The number of carbonyl (C=O) groups is 1. The van der Waals surface area contributed by atoms with Gasteiger partial charge in [0.05, 0.1) is 18.5 Å². The van der Waals surface area contributed by atoms with Gasteiger partial charge in [-0.1, -0.05) is 13.8 Å². The van der Waals surface area contributed by atoms with Crippen LogP contribution in [0.15, 0.2) is 11.1 Å². The zero-order valence-electron chi connectivity index (χ0n) is 17.2. The molecule has 4 N–H and O–H groups in total. The predicted octanol–water partition coefficient (Wildman–Crippen LogP) is 0.292. The normalized spacial score (nSPS) is 32.1. The maximum Gasteiger partial charge on any atom is 0.280 e. The van der Waals surface area contributed by atoms with Crippen molar-refractivity contribution in [2.75, 3.05) is 11.9 Å². The number of aliphatic hydroxyl groups excluding tert-OH is 1. The van der Waals surface area contributed by atoms with Crippen LogP contribution in [0, 0.1) is 5.92 Å². The fraction of sp³-hybridized carbons (Fsp3) is 0.684. The fourth-order valence-electron chi connectivity index (χ4n) is 4.07. The van der Waals surface area contributed by atoms with Gasteiger partial charge in [0.25, 0.3) is 5.56 Å². The highest BCUT2D eigenvalue weighted by Crippen LogP contribution is 2.44. The van der Waals surface area contributed by atoms with Gasteiger partial charge in [0.15, 0.2) is 23.0 Å². The van der Waals surface area contributed by atoms with E-state index in [9.17, 15) is 19.8 Å². The Hall–Kier alpha value is -2.34. The summed E-state index contributed by atoms with van der Waals surface area (Å²) >= 11 is 0. The molecule has 0 aliphatic carbocycles. The summed E-state index contributed by atoms with van der Waals surface area (Å²) in [4.78, 5) is 35.4. The third kappa shape index (κ3) is 3.31. The number of aromatic nitrogens is 4. The number of anilines is 1. The van der Waals surface area contributed by atoms with Crippen molar-refractivity contribution in [2.45, 2.75) is 70.2 Å². The highest BCUT2D eigenvalue weighted by atomic mass is 16.6. The van der Waals surface area contributed by atoms with Crippen LogP contribution in [-0.2, 0) is 14.3 Å². The number of aliphatic hydroxyl groups is 2. The molecular formula is C19H27N5O6. The average Bonchev–Trinajstić information content (AvgIpc) is 3.24. The number of nitrogens with one attached hydrogen (secondary N) is 2. The summed E-state index contributed by atoms with van der Waals surface area (Å²) in [6.07, 6.45) is 0.0489. The van der Waals surface area contributed by atoms with Crippen LogP contribution in [0.4, 0.5) is 5.95 Å². The number of rotatable bonds is 4. The van der Waals surface area contributed by atoms with Gasteiger partial charge in [0, 0.05) is 12.5 Å². The van der Waals surface area contributed by atoms with Crippen LogP contribution in [0.5, 0.6) is 0 Å². The second-order valence-corrected chi connectivity index (χ2v) is 8.26. The monoisotopic (exact) mass is 421 g/mol. The van der Waals surface area contributed by atoms with Crippen molar-refractivity contribution in [1.29, 1.82) is 0 Å². The minimum Gasteiger partial charge on any atom is -0.387 e. The summed E-state index contributed by atoms with van der Waals surface area (Å²) in [6, 6.07) is 0. The van der Waals surface area contributed by atoms with E-state index in [0.29, 0.717) is 13.0 Å². The Bertz CT molecular complexity index is 997. The van der Waals surface area contributed by atoms with Gasteiger partial charge in [0.1, 0.15) is 6.10 Å². The van der Waals surface area contributed by atoms with Crippen LogP contribution in [0.3, 0.4) is 0 Å². The Kier molecular flexibility index (Phi) is 5.39. The van der Waals surface area contributed by atoms with Gasteiger partial charge in [-0.05, 0) is 26.2 Å². The van der Waals surface area contributed by atoms with Gasteiger partial charge in [-0.3, -0.25) is 24.5 Å². The van der Waals surface area contributed by atoms with Crippen LogP contribution < -0.4 is 10.9 Å². The number of aromatic amines is 1. The van der Waals surface area contributed by atoms with Crippen molar-refractivity contribution >= 4 is 23.0 Å². The van der Waals surface area contributed by atoms with Gasteiger partial charge in [-0.15, -0.1) is 0 Å². The standard InChI is InChI=1S/C19H27N5O6/c1-9(2)15(26)22-18-21-14-12(16(27)23-18)20-8-24(14)17-19(28,13(25)10(3)30-17)11-6-4-5-7-29-11/h8-11,13,17,25,28H,4-7H2,1-3H3,(H2,21,22,23,26,27)/t10-,11?,13-,17-,19-/m1/s1. The molecule has 11 nitrogen and oxygen atoms in total. The third-order valence-electron chi connectivity index (χ3n) is 5.80. The van der Waals surface area contributed by atoms with Crippen LogP contribution in [0.1, 0.15) is 46.3 Å². The van der Waals surface area contributed by atoms with Crippen molar-refractivity contribution < 1.29 is 24.5 Å². The first-order chi connectivity index (χ1) is 14.2. The summed E-state index contributed by atoms with van der Waals surface area (Å²) in [5.41, 5.74) is -2.14. The summed E-state index contributed by atoms with van der Waals surface area (Å²) in [6.45, 7) is 5.58. The maximum atomic E-state index is 12.5. The van der Waals surface area contributed by atoms with Gasteiger partial charge >= 0.3 is 0 Å². The number of amides is 1. The molecule has 0 aromatic carbocycles. The number of imidazole rings is 1. The lowest BCUT2D eigenvalue weighted by Gasteiger charge is -2.40. The minimum atomic E-state index is -1.75. The summed E-state index contributed by atoms with van der Waals surface area (Å²) in [7, 11) is 0. The van der Waals surface area contributed by atoms with Crippen molar-refractivity contribution in [2.24, 2.45) is 5.92 Å². The van der Waals surface area contributed by atoms with Crippen LogP contribution in [0.2, 0.25) is 0 Å². The largest absolute Gasteiger partial charge is 0.387 e. The van der Waals surface area contributed by atoms with E-state index in [-0.39, 0.29) is 28.9 Å². The topological polar surface area (TPSA) is 152 Å². The van der Waals surface area contributed by atoms with Crippen LogP contribution in [-0.4, -0.2) is 66.2 Å². The van der Waals surface area contributed by atoms with Crippen molar-refractivity contribution in [3.63, 3.8) is 0 Å². The molecule has 2 aromatic rings. The molecule has 4 rings (SSSR count). The van der Waals surface area contributed by atoms with Crippen molar-refractivity contribution in [1.82, 2.24) is 19.5 Å². The molecule has 1 amide bonds. The van der Waals surface area contributed by atoms with E-state index in [1.165, 1.54) is 10.9 Å². The van der Waals surface area contributed by atoms with E-state index < -0.39 is 35.7 Å². The summed E-state index contributed by atoms with van der Waals surface area (Å²) in [5.74, 6) is -0.646. The first kappa shape index (κ1) is 20.9. The lowest BCUT2D eigenvalue weighted by Crippen LogP contribution is -2.56. The van der Waals surface area contributed by atoms with E-state index in [0.717, 1.165) is 12.8 Å². The Morgan fingerprint density at radius 2 is 2.20 bits per heavy atom. The van der Waals surface area contributed by atoms with E-state index in [1.807, 2.05) is 0 Å². The molecule has 0 spiro atoms. The van der Waals surface area contributed by atoms with Gasteiger partial charge < -0.3 is 19.7 Å². The smallest absolute Gasteiger partial charge is 0.280 e. The lowest BCUT2D eigenvalue weighted by molar-refractivity contribution is -0.197. The first-order valence-electron chi connectivity index (χ1n) is 10.2. The van der Waals surface area contributed by atoms with E-state index >= 15 is 0 Å². The van der Waals surface area contributed by atoms with Gasteiger partial charge in [0.2, 0.25) is 11.9 Å². The highest BCUT2D eigenvalue weighted by Gasteiger charge is 2.60. The molecule has 0 saturated carbocycles. The number of fused-ring (bicyclic) bond motifs is 1. The number of H-pyrrole nitrogens is 1. The predicted molar refractivity (Wildman–Crippen MR) is 106 cm³/mol. The molecule has 4 heterocycles. The molecule has 2 aromatic heterocycles. The molecule has 2 fully saturated rings. The fourth-order valence-corrected chi connectivity index (χ4v) is 4.07. The summed E-state index contributed by atoms with van der Waals surface area (Å²) in [5, 5.41) is 24.9. The average molecular weight is 421 g/mol. The molecule has 2 saturated heterocycles. The third-order valence-corrected chi connectivity index (χ3v) is 5.80. The molecule has 164 valence electrons. The number of carbonyl (C=O) groups excluding carboxylic acids is 1. The molecule has 5 atom stereocenters. The second kappa shape index (κ2) is 7.73. The molecule has 1 unspecified atom stereocenters. The van der Waals surface area contributed by atoms with Crippen molar-refractivity contribution in [3.8, 4) is 0 Å². The van der Waals surface area contributed by atoms with E-state index in [1.54, 1.807) is 20.8 Å². The molecule has 2 aliphatic heterocycles. The first-order valence-corrected chi connectivity index (χ1v) is 10.2. The van der Waals surface area contributed by atoms with Crippen LogP contribution in [0.25, 0.3) is 11.2 Å². The van der Waals surface area contributed by atoms with Gasteiger partial charge in [-0.25, -0.2) is 4.98 Å². The van der Waals surface area contributed by atoms with Crippen molar-refractivity contribution in [3.05, 3.63) is 16.7 Å². The maximum absolute atomic E-state index is 12.5. The number of nitrogens with zero attached hydrogens (tertiary/aromatic N) is 3. The Morgan fingerprint density at radius 1 is 1.43 bits per heavy atom. The van der Waals surface area contributed by atoms with E-state index in [2.05, 4.69) is 20.3 Å². The van der Waals surface area contributed by atoms with E-state index in [4.69, 9.17) is 9.47 Å². The number of hydrogen-bond acceptors (Lipinski definition) is 8. The zero-order valence-corrected chi connectivity index (χ0v) is 17.2. The van der Waals surface area contributed by atoms with Crippen LogP contribution >= 0.6 is 0 Å². The SMILES string of the molecule is CC(C)C(=O)Nc1nc2c(ncn2[C@@H]2O[C@H](C)[C@@H](O)[C@]2(O)C2CCCCO2)c(=O)[nH]1.